The second kappa shape index (κ2) is 6.43. The van der Waals surface area contributed by atoms with Crippen LogP contribution in [-0.2, 0) is 13.5 Å². The fourth-order valence-corrected chi connectivity index (χ4v) is 3.22. The maximum Gasteiger partial charge on any atom is 0.130 e. The van der Waals surface area contributed by atoms with Crippen LogP contribution in [0, 0.1) is 6.92 Å². The van der Waals surface area contributed by atoms with Gasteiger partial charge in [-0.05, 0) is 40.5 Å². The molecular weight excluding hydrogens is 276 g/mol. The second-order valence-electron chi connectivity index (χ2n) is 5.91. The molecule has 2 heterocycles. The molecule has 1 saturated heterocycles. The Morgan fingerprint density at radius 2 is 2.05 bits per heavy atom. The van der Waals surface area contributed by atoms with Crippen molar-refractivity contribution >= 4 is 11.6 Å². The van der Waals surface area contributed by atoms with Crippen LogP contribution in [0.5, 0.6) is 0 Å². The van der Waals surface area contributed by atoms with E-state index in [-0.39, 0.29) is 6.04 Å². The van der Waals surface area contributed by atoms with Crippen molar-refractivity contribution in [3.05, 3.63) is 16.4 Å². The number of aryl methyl sites for hydroxylation is 2. The molecule has 1 aliphatic rings. The third kappa shape index (κ3) is 3.34. The zero-order valence-corrected chi connectivity index (χ0v) is 13.6. The van der Waals surface area contributed by atoms with Crippen LogP contribution in [0.1, 0.15) is 17.7 Å². The van der Waals surface area contributed by atoms with Gasteiger partial charge in [0, 0.05) is 31.6 Å². The molecule has 1 aliphatic heterocycles. The first-order valence-corrected chi connectivity index (χ1v) is 7.52. The van der Waals surface area contributed by atoms with Crippen molar-refractivity contribution in [3.8, 4) is 0 Å². The van der Waals surface area contributed by atoms with Crippen LogP contribution in [0.3, 0.4) is 0 Å². The molecule has 0 radical (unpaired) electrons. The Morgan fingerprint density at radius 1 is 1.35 bits per heavy atom. The minimum atomic E-state index is -0.430. The van der Waals surface area contributed by atoms with E-state index in [1.807, 2.05) is 14.0 Å². The number of aromatic nitrogens is 2. The van der Waals surface area contributed by atoms with Crippen LogP contribution < -0.4 is 0 Å². The van der Waals surface area contributed by atoms with Gasteiger partial charge in [-0.15, -0.1) is 0 Å². The van der Waals surface area contributed by atoms with E-state index < -0.39 is 6.10 Å². The molecule has 5 nitrogen and oxygen atoms in total. The van der Waals surface area contributed by atoms with Crippen LogP contribution in [0.4, 0.5) is 0 Å². The molecule has 0 aliphatic carbocycles. The van der Waals surface area contributed by atoms with Gasteiger partial charge in [0.25, 0.3) is 0 Å². The molecule has 0 aromatic carbocycles. The Kier molecular flexibility index (Phi) is 5.07. The van der Waals surface area contributed by atoms with Gasteiger partial charge in [0.1, 0.15) is 5.15 Å². The predicted octanol–water partition coefficient (Wildman–Crippen LogP) is 0.921. The summed E-state index contributed by atoms with van der Waals surface area (Å²) in [6.07, 6.45) is 1.27. The van der Waals surface area contributed by atoms with Crippen molar-refractivity contribution in [2.24, 2.45) is 7.05 Å². The van der Waals surface area contributed by atoms with Crippen molar-refractivity contribution in [3.63, 3.8) is 0 Å². The SMILES string of the molecule is Cc1nn(C)c(Cl)c1CC(O)C1CN(C)CCCN1C. The summed E-state index contributed by atoms with van der Waals surface area (Å²) in [6, 6.07) is 0.137. The Hall–Kier alpha value is -0.620. The van der Waals surface area contributed by atoms with Gasteiger partial charge in [-0.1, -0.05) is 11.6 Å². The minimum Gasteiger partial charge on any atom is -0.391 e. The first kappa shape index (κ1) is 15.8. The van der Waals surface area contributed by atoms with Crippen LogP contribution in [-0.4, -0.2) is 70.6 Å². The fourth-order valence-electron chi connectivity index (χ4n) is 2.97. The molecule has 6 heteroatoms. The summed E-state index contributed by atoms with van der Waals surface area (Å²) >= 11 is 6.26. The molecule has 1 N–H and O–H groups in total. The predicted molar refractivity (Wildman–Crippen MR) is 81.2 cm³/mol. The molecule has 2 unspecified atom stereocenters. The lowest BCUT2D eigenvalue weighted by molar-refractivity contribution is 0.0580. The number of aliphatic hydroxyl groups excluding tert-OH is 1. The largest absolute Gasteiger partial charge is 0.391 e. The second-order valence-corrected chi connectivity index (χ2v) is 6.27. The lowest BCUT2D eigenvalue weighted by Crippen LogP contribution is -2.47. The van der Waals surface area contributed by atoms with E-state index in [9.17, 15) is 5.11 Å². The molecule has 0 bridgehead atoms. The lowest BCUT2D eigenvalue weighted by Gasteiger charge is -2.31. The normalized spacial score (nSPS) is 23.8. The molecule has 2 atom stereocenters. The molecule has 20 heavy (non-hydrogen) atoms. The van der Waals surface area contributed by atoms with E-state index in [2.05, 4.69) is 29.0 Å². The molecule has 0 saturated carbocycles. The van der Waals surface area contributed by atoms with E-state index in [1.165, 1.54) is 0 Å². The van der Waals surface area contributed by atoms with E-state index >= 15 is 0 Å². The van der Waals surface area contributed by atoms with Crippen molar-refractivity contribution in [2.75, 3.05) is 33.7 Å². The van der Waals surface area contributed by atoms with E-state index in [0.29, 0.717) is 11.6 Å². The van der Waals surface area contributed by atoms with Crippen LogP contribution in [0.15, 0.2) is 0 Å². The summed E-state index contributed by atoms with van der Waals surface area (Å²) in [5.41, 5.74) is 1.86. The zero-order valence-electron chi connectivity index (χ0n) is 12.8. The van der Waals surface area contributed by atoms with Gasteiger partial charge >= 0.3 is 0 Å². The molecule has 1 aromatic rings. The average molecular weight is 301 g/mol. The van der Waals surface area contributed by atoms with E-state index in [0.717, 1.165) is 37.3 Å². The van der Waals surface area contributed by atoms with Gasteiger partial charge in [0.2, 0.25) is 0 Å². The maximum absolute atomic E-state index is 10.6. The molecule has 0 amide bonds. The van der Waals surface area contributed by atoms with Gasteiger partial charge in [-0.25, -0.2) is 0 Å². The molecule has 1 aromatic heterocycles. The standard InChI is InChI=1S/C14H25ClN4O/c1-10-11(14(15)19(4)16-10)8-13(20)12-9-17(2)6-5-7-18(12)3/h12-13,20H,5-9H2,1-4H3. The number of halogens is 1. The van der Waals surface area contributed by atoms with Gasteiger partial charge in [-0.2, -0.15) is 5.10 Å². The van der Waals surface area contributed by atoms with Crippen molar-refractivity contribution < 1.29 is 5.11 Å². The van der Waals surface area contributed by atoms with Gasteiger partial charge < -0.3 is 10.0 Å². The highest BCUT2D eigenvalue weighted by Crippen LogP contribution is 2.22. The monoisotopic (exact) mass is 300 g/mol. The number of hydrogen-bond acceptors (Lipinski definition) is 4. The summed E-state index contributed by atoms with van der Waals surface area (Å²) in [6.45, 7) is 4.93. The molecular formula is C14H25ClN4O. The maximum atomic E-state index is 10.6. The van der Waals surface area contributed by atoms with Crippen molar-refractivity contribution in [1.29, 1.82) is 0 Å². The van der Waals surface area contributed by atoms with Crippen molar-refractivity contribution in [1.82, 2.24) is 19.6 Å². The van der Waals surface area contributed by atoms with E-state index in [1.54, 1.807) is 4.68 Å². The molecule has 0 spiro atoms. The quantitative estimate of drug-likeness (QED) is 0.902. The molecule has 2 rings (SSSR count). The highest BCUT2D eigenvalue weighted by Gasteiger charge is 2.28. The molecule has 1 fully saturated rings. The first-order valence-electron chi connectivity index (χ1n) is 7.15. The minimum absolute atomic E-state index is 0.137. The topological polar surface area (TPSA) is 44.5 Å². The number of aliphatic hydroxyl groups is 1. The summed E-state index contributed by atoms with van der Waals surface area (Å²) in [5, 5.41) is 15.6. The number of hydrogen-bond donors (Lipinski definition) is 1. The summed E-state index contributed by atoms with van der Waals surface area (Å²) < 4.78 is 1.67. The van der Waals surface area contributed by atoms with Crippen LogP contribution >= 0.6 is 11.6 Å². The highest BCUT2D eigenvalue weighted by molar-refractivity contribution is 6.30. The Bertz CT molecular complexity index is 462. The Labute approximate surface area is 126 Å². The average Bonchev–Trinajstić information content (AvgIpc) is 2.54. The number of likely N-dealkylation sites (N-methyl/N-ethyl adjacent to an activating group) is 2. The van der Waals surface area contributed by atoms with Crippen LogP contribution in [0.25, 0.3) is 0 Å². The first-order chi connectivity index (χ1) is 9.40. The van der Waals surface area contributed by atoms with Gasteiger partial charge in [0.15, 0.2) is 0 Å². The van der Waals surface area contributed by atoms with Crippen LogP contribution in [0.2, 0.25) is 5.15 Å². The lowest BCUT2D eigenvalue weighted by atomic mass is 10.0. The number of nitrogens with zero attached hydrogens (tertiary/aromatic N) is 4. The zero-order chi connectivity index (χ0) is 14.9. The fraction of sp³-hybridized carbons (Fsp3) is 0.786. The number of rotatable bonds is 3. The van der Waals surface area contributed by atoms with Gasteiger partial charge in [0.05, 0.1) is 11.8 Å². The third-order valence-corrected chi connectivity index (χ3v) is 4.72. The van der Waals surface area contributed by atoms with Gasteiger partial charge in [-0.3, -0.25) is 9.58 Å². The smallest absolute Gasteiger partial charge is 0.130 e. The molecule has 114 valence electrons. The Balaban J connectivity index is 2.11. The summed E-state index contributed by atoms with van der Waals surface area (Å²) in [5.74, 6) is 0. The van der Waals surface area contributed by atoms with E-state index in [4.69, 9.17) is 11.6 Å². The highest BCUT2D eigenvalue weighted by atomic mass is 35.5. The van der Waals surface area contributed by atoms with Crippen molar-refractivity contribution in [2.45, 2.75) is 31.9 Å². The summed E-state index contributed by atoms with van der Waals surface area (Å²) in [7, 11) is 6.03. The third-order valence-electron chi connectivity index (χ3n) is 4.24. The Morgan fingerprint density at radius 3 is 2.65 bits per heavy atom. The summed E-state index contributed by atoms with van der Waals surface area (Å²) in [4.78, 5) is 4.54.